The van der Waals surface area contributed by atoms with Gasteiger partial charge in [0.05, 0.1) is 18.7 Å². The molecule has 2 amide bonds. The first kappa shape index (κ1) is 19.4. The van der Waals surface area contributed by atoms with E-state index in [9.17, 15) is 14.4 Å². The van der Waals surface area contributed by atoms with Crippen LogP contribution in [0.4, 0.5) is 0 Å². The topological polar surface area (TPSA) is 119 Å². The van der Waals surface area contributed by atoms with E-state index in [1.165, 1.54) is 4.90 Å². The highest BCUT2D eigenvalue weighted by Gasteiger charge is 2.29. The van der Waals surface area contributed by atoms with E-state index in [2.05, 4.69) is 0 Å². The summed E-state index contributed by atoms with van der Waals surface area (Å²) in [5.74, 6) is -1.58. The standard InChI is InChI=1S/C20H20N2O6/c21-18(23)15-6-1-2-7-16(15)28-12-13-4-3-5-14(10-13)19(24)22-8-9-27-17(11-22)20(25)26/h1-7,10,17H,8-9,11-12H2,(H2,21,23)(H,25,26)/t17-/m1/s1. The Morgan fingerprint density at radius 1 is 1.18 bits per heavy atom. The molecule has 1 atom stereocenters. The van der Waals surface area contributed by atoms with Crippen molar-refractivity contribution in [3.8, 4) is 5.75 Å². The first-order valence-electron chi connectivity index (χ1n) is 8.70. The molecule has 1 heterocycles. The molecule has 28 heavy (non-hydrogen) atoms. The Kier molecular flexibility index (Phi) is 5.90. The van der Waals surface area contributed by atoms with Gasteiger partial charge in [0.25, 0.3) is 11.8 Å². The van der Waals surface area contributed by atoms with E-state index in [1.807, 2.05) is 0 Å². The summed E-state index contributed by atoms with van der Waals surface area (Å²) in [7, 11) is 0. The van der Waals surface area contributed by atoms with Gasteiger partial charge in [-0.2, -0.15) is 0 Å². The number of morpholine rings is 1. The van der Waals surface area contributed by atoms with Crippen LogP contribution >= 0.6 is 0 Å². The first-order valence-corrected chi connectivity index (χ1v) is 8.70. The third-order valence-electron chi connectivity index (χ3n) is 4.35. The van der Waals surface area contributed by atoms with Crippen LogP contribution in [0.5, 0.6) is 5.75 Å². The van der Waals surface area contributed by atoms with Crippen LogP contribution in [-0.2, 0) is 16.1 Å². The van der Waals surface area contributed by atoms with Crippen LogP contribution < -0.4 is 10.5 Å². The highest BCUT2D eigenvalue weighted by atomic mass is 16.5. The lowest BCUT2D eigenvalue weighted by molar-refractivity contribution is -0.154. The molecule has 146 valence electrons. The number of nitrogens with two attached hydrogens (primary N) is 1. The second-order valence-electron chi connectivity index (χ2n) is 6.30. The number of aliphatic carboxylic acids is 1. The molecule has 1 aliphatic rings. The molecule has 1 saturated heterocycles. The zero-order valence-electron chi connectivity index (χ0n) is 15.0. The number of carboxylic acid groups (broad SMARTS) is 1. The number of carbonyl (C=O) groups is 3. The quantitative estimate of drug-likeness (QED) is 0.775. The van der Waals surface area contributed by atoms with Crippen molar-refractivity contribution in [3.05, 3.63) is 65.2 Å². The number of amides is 2. The molecule has 0 unspecified atom stereocenters. The Balaban J connectivity index is 1.70. The largest absolute Gasteiger partial charge is 0.488 e. The van der Waals surface area contributed by atoms with Gasteiger partial charge in [0.2, 0.25) is 0 Å². The lowest BCUT2D eigenvalue weighted by atomic mass is 10.1. The third-order valence-corrected chi connectivity index (χ3v) is 4.35. The van der Waals surface area contributed by atoms with Crippen molar-refractivity contribution in [1.29, 1.82) is 0 Å². The van der Waals surface area contributed by atoms with Gasteiger partial charge in [0.1, 0.15) is 12.4 Å². The van der Waals surface area contributed by atoms with E-state index < -0.39 is 18.0 Å². The van der Waals surface area contributed by atoms with E-state index in [1.54, 1.807) is 48.5 Å². The number of benzene rings is 2. The molecule has 2 aromatic carbocycles. The third kappa shape index (κ3) is 4.47. The van der Waals surface area contributed by atoms with Crippen LogP contribution in [0.2, 0.25) is 0 Å². The number of rotatable bonds is 6. The molecule has 0 saturated carbocycles. The van der Waals surface area contributed by atoms with Crippen LogP contribution in [0.25, 0.3) is 0 Å². The molecule has 1 aliphatic heterocycles. The second kappa shape index (κ2) is 8.53. The van der Waals surface area contributed by atoms with E-state index in [-0.39, 0.29) is 31.2 Å². The van der Waals surface area contributed by atoms with Crippen LogP contribution in [0.1, 0.15) is 26.3 Å². The zero-order valence-corrected chi connectivity index (χ0v) is 15.0. The monoisotopic (exact) mass is 384 g/mol. The van der Waals surface area contributed by atoms with Crippen molar-refractivity contribution in [2.75, 3.05) is 19.7 Å². The fourth-order valence-corrected chi connectivity index (χ4v) is 2.92. The Morgan fingerprint density at radius 3 is 2.71 bits per heavy atom. The summed E-state index contributed by atoms with van der Waals surface area (Å²) < 4.78 is 10.8. The number of para-hydroxylation sites is 1. The Labute approximate surface area is 161 Å². The number of hydrogen-bond acceptors (Lipinski definition) is 5. The Morgan fingerprint density at radius 2 is 1.96 bits per heavy atom. The molecule has 0 aliphatic carbocycles. The molecule has 2 aromatic rings. The zero-order chi connectivity index (χ0) is 20.1. The van der Waals surface area contributed by atoms with Crippen LogP contribution in [0.15, 0.2) is 48.5 Å². The van der Waals surface area contributed by atoms with Crippen LogP contribution in [-0.4, -0.2) is 53.6 Å². The Bertz CT molecular complexity index is 898. The molecular weight excluding hydrogens is 364 g/mol. The van der Waals surface area contributed by atoms with Crippen molar-refractivity contribution in [3.63, 3.8) is 0 Å². The number of carbonyl (C=O) groups excluding carboxylic acids is 2. The highest BCUT2D eigenvalue weighted by molar-refractivity contribution is 5.96. The minimum Gasteiger partial charge on any atom is -0.488 e. The summed E-state index contributed by atoms with van der Waals surface area (Å²) in [4.78, 5) is 36.7. The van der Waals surface area contributed by atoms with Crippen molar-refractivity contribution in [2.24, 2.45) is 5.73 Å². The summed E-state index contributed by atoms with van der Waals surface area (Å²) in [6.07, 6.45) is -1.02. The maximum atomic E-state index is 12.7. The summed E-state index contributed by atoms with van der Waals surface area (Å²) in [6.45, 7) is 0.651. The maximum Gasteiger partial charge on any atom is 0.334 e. The number of ether oxygens (including phenoxy) is 2. The fourth-order valence-electron chi connectivity index (χ4n) is 2.92. The van der Waals surface area contributed by atoms with E-state index in [4.69, 9.17) is 20.3 Å². The average molecular weight is 384 g/mol. The SMILES string of the molecule is NC(=O)c1ccccc1OCc1cccc(C(=O)N2CCO[C@@H](C(=O)O)C2)c1. The smallest absolute Gasteiger partial charge is 0.334 e. The fraction of sp³-hybridized carbons (Fsp3) is 0.250. The maximum absolute atomic E-state index is 12.7. The van der Waals surface area contributed by atoms with E-state index >= 15 is 0 Å². The predicted molar refractivity (Wildman–Crippen MR) is 99.0 cm³/mol. The molecule has 0 spiro atoms. The minimum atomic E-state index is -1.09. The normalized spacial score (nSPS) is 16.4. The molecule has 8 nitrogen and oxygen atoms in total. The van der Waals surface area contributed by atoms with Gasteiger partial charge >= 0.3 is 5.97 Å². The number of nitrogens with zero attached hydrogens (tertiary/aromatic N) is 1. The van der Waals surface area contributed by atoms with Gasteiger partial charge < -0.3 is 25.2 Å². The molecular formula is C20H20N2O6. The molecule has 0 bridgehead atoms. The molecule has 1 fully saturated rings. The van der Waals surface area contributed by atoms with E-state index in [0.29, 0.717) is 17.9 Å². The Hall–Kier alpha value is -3.39. The lowest BCUT2D eigenvalue weighted by Crippen LogP contribution is -2.48. The van der Waals surface area contributed by atoms with Crippen LogP contribution in [0, 0.1) is 0 Å². The molecule has 8 heteroatoms. The van der Waals surface area contributed by atoms with Crippen molar-refractivity contribution in [1.82, 2.24) is 4.90 Å². The number of primary amides is 1. The van der Waals surface area contributed by atoms with Crippen molar-refractivity contribution in [2.45, 2.75) is 12.7 Å². The molecule has 3 N–H and O–H groups in total. The second-order valence-corrected chi connectivity index (χ2v) is 6.30. The number of hydrogen-bond donors (Lipinski definition) is 2. The predicted octanol–water partition coefficient (Wildman–Crippen LogP) is 1.29. The van der Waals surface area contributed by atoms with Gasteiger partial charge in [0, 0.05) is 12.1 Å². The number of carboxylic acids is 1. The summed E-state index contributed by atoms with van der Waals surface area (Å²) in [5, 5.41) is 9.08. The van der Waals surface area contributed by atoms with Gasteiger partial charge in [-0.25, -0.2) is 4.79 Å². The lowest BCUT2D eigenvalue weighted by Gasteiger charge is -2.31. The average Bonchev–Trinajstić information content (AvgIpc) is 2.72. The van der Waals surface area contributed by atoms with Gasteiger partial charge in [-0.15, -0.1) is 0 Å². The molecule has 0 aromatic heterocycles. The van der Waals surface area contributed by atoms with Gasteiger partial charge in [0.15, 0.2) is 6.10 Å². The van der Waals surface area contributed by atoms with Crippen molar-refractivity contribution < 1.29 is 29.0 Å². The molecule has 0 radical (unpaired) electrons. The van der Waals surface area contributed by atoms with E-state index in [0.717, 1.165) is 5.56 Å². The van der Waals surface area contributed by atoms with Crippen molar-refractivity contribution >= 4 is 17.8 Å². The highest BCUT2D eigenvalue weighted by Crippen LogP contribution is 2.19. The van der Waals surface area contributed by atoms with Crippen LogP contribution in [0.3, 0.4) is 0 Å². The van der Waals surface area contributed by atoms with Gasteiger partial charge in [-0.05, 0) is 29.8 Å². The van der Waals surface area contributed by atoms with Gasteiger partial charge in [-0.3, -0.25) is 9.59 Å². The minimum absolute atomic E-state index is 0.000874. The molecule has 3 rings (SSSR count). The summed E-state index contributed by atoms with van der Waals surface area (Å²) in [5.41, 5.74) is 6.78. The summed E-state index contributed by atoms with van der Waals surface area (Å²) >= 11 is 0. The first-order chi connectivity index (χ1) is 13.5. The summed E-state index contributed by atoms with van der Waals surface area (Å²) in [6, 6.07) is 13.5. The van der Waals surface area contributed by atoms with Gasteiger partial charge in [-0.1, -0.05) is 24.3 Å².